The summed E-state index contributed by atoms with van der Waals surface area (Å²) in [5, 5.41) is 8.07. The Morgan fingerprint density at radius 2 is 0.951 bits per heavy atom. The monoisotopic (exact) mass is 1180 g/mol. The Kier molecular flexibility index (Phi) is 14.4. The highest BCUT2D eigenvalue weighted by molar-refractivity contribution is 7.96. The summed E-state index contributed by atoms with van der Waals surface area (Å²) in [5.74, 6) is -11.8. The molecule has 0 bridgehead atoms. The standard InChI is InChI=1S/C56H76N5O19P/c1-56(2,3)79-50(62)17-20-74-23-24-75-21-18-57-54(63)38-13-15-39(16-14-38)61-37-49(80-60-61)59-55(64)58-19-22-76-25-26-77-27-28-78-29-30-81(51-43(68-7)31-40(65-4)32-44(51)69-8,52-45(70-9)33-41(66-5)34-46(52)71-10)53-47(72-11)35-42(67-6)36-48(53)73-12/h13-16,31-37H,17-30H2,1-12H3,(H-2,57,58,59,60,63,64)/p+2/i4D3,5D3,6D3,7D3,8D3,9D3,10D3,11D3,12D3. The van der Waals surface area contributed by atoms with Crippen molar-refractivity contribution >= 4 is 47.0 Å². The van der Waals surface area contributed by atoms with Crippen LogP contribution in [0.3, 0.4) is 0 Å². The second-order valence-electron chi connectivity index (χ2n) is 17.3. The van der Waals surface area contributed by atoms with Gasteiger partial charge in [0, 0.05) is 67.2 Å². The third kappa shape index (κ3) is 18.3. The maximum Gasteiger partial charge on any atom is 0.321 e. The lowest BCUT2D eigenvalue weighted by atomic mass is 10.2. The van der Waals surface area contributed by atoms with Crippen LogP contribution in [0.1, 0.15) is 74.6 Å². The normalized spacial score (nSPS) is 17.6. The van der Waals surface area contributed by atoms with E-state index in [0.29, 0.717) is 47.6 Å². The van der Waals surface area contributed by atoms with Gasteiger partial charge in [0.25, 0.3) is 12.1 Å². The first-order valence-electron chi connectivity index (χ1n) is 37.5. The van der Waals surface area contributed by atoms with Crippen LogP contribution in [0.25, 0.3) is 5.69 Å². The molecule has 25 heteroatoms. The first-order valence-corrected chi connectivity index (χ1v) is 26.0. The average molecular weight is 1180 g/mol. The number of nitrogens with zero attached hydrogens (tertiary/aromatic N) is 2. The number of benzene rings is 4. The van der Waals surface area contributed by atoms with E-state index < -0.39 is 176 Å². The van der Waals surface area contributed by atoms with Crippen LogP contribution in [-0.2, 0) is 33.2 Å². The Hall–Kier alpha value is -7.34. The zero-order valence-electron chi connectivity index (χ0n) is 70.8. The quantitative estimate of drug-likeness (QED) is 0.0213. The predicted octanol–water partition coefficient (Wildman–Crippen LogP) is 4.69. The molecule has 4 aromatic carbocycles. The number of methoxy groups -OCH3 is 9. The van der Waals surface area contributed by atoms with E-state index in [9.17, 15) is 14.4 Å². The smallest absolute Gasteiger partial charge is 0.321 e. The van der Waals surface area contributed by atoms with Gasteiger partial charge < -0.3 is 81.7 Å². The first kappa shape index (κ1) is 35.5. The van der Waals surface area contributed by atoms with Crippen molar-refractivity contribution in [3.63, 3.8) is 0 Å². The summed E-state index contributed by atoms with van der Waals surface area (Å²) in [6.45, 7) is 3.88. The Bertz CT molecular complexity index is 3410. The maximum atomic E-state index is 12.8. The molecule has 444 valence electrons. The summed E-state index contributed by atoms with van der Waals surface area (Å²) < 4.78 is 310. The predicted molar refractivity (Wildman–Crippen MR) is 301 cm³/mol. The third-order valence-corrected chi connectivity index (χ3v) is 15.4. The topological polar surface area (TPSA) is 256 Å². The van der Waals surface area contributed by atoms with E-state index >= 15 is 0 Å². The number of anilines is 1. The summed E-state index contributed by atoms with van der Waals surface area (Å²) in [6, 6.07) is 8.31. The van der Waals surface area contributed by atoms with Gasteiger partial charge in [-0.15, -0.1) is 0 Å². The van der Waals surface area contributed by atoms with Crippen molar-refractivity contribution in [1.29, 1.82) is 0 Å². The Labute approximate surface area is 511 Å². The molecule has 5 rings (SSSR count). The number of aromatic nitrogens is 2. The molecule has 0 radical (unpaired) electrons. The molecule has 5 aromatic rings. The molecule has 3 amide bonds. The third-order valence-electron chi connectivity index (χ3n) is 10.9. The zero-order chi connectivity index (χ0) is 81.3. The Balaban J connectivity index is 1.45. The number of hydrogen-bond acceptors (Lipinski definition) is 20. The van der Waals surface area contributed by atoms with Gasteiger partial charge in [-0.2, -0.15) is 0 Å². The van der Waals surface area contributed by atoms with Crippen LogP contribution >= 0.6 is 7.26 Å². The van der Waals surface area contributed by atoms with Crippen LogP contribution in [0, 0.1) is 0 Å². The van der Waals surface area contributed by atoms with Crippen molar-refractivity contribution in [2.24, 2.45) is 0 Å². The van der Waals surface area contributed by atoms with Crippen molar-refractivity contribution in [1.82, 2.24) is 15.9 Å². The van der Waals surface area contributed by atoms with Gasteiger partial charge in [0.05, 0.1) is 179 Å². The molecule has 0 aliphatic carbocycles. The molecular weight excluding hydrogens is 1080 g/mol. The minimum Gasteiger partial charge on any atom is -0.496 e. The summed E-state index contributed by atoms with van der Waals surface area (Å²) in [7, 11) is -39.2. The second kappa shape index (κ2) is 32.8. The van der Waals surface area contributed by atoms with Gasteiger partial charge in [-0.25, -0.2) is 4.79 Å². The highest BCUT2D eigenvalue weighted by Gasteiger charge is 2.58. The average Bonchev–Trinajstić information content (AvgIpc) is 0.751. The van der Waals surface area contributed by atoms with E-state index in [1.807, 2.05) is 0 Å². The lowest BCUT2D eigenvalue weighted by Gasteiger charge is -2.33. The molecule has 0 saturated carbocycles. The molecule has 0 unspecified atom stereocenters. The second-order valence-corrected chi connectivity index (χ2v) is 20.8. The summed E-state index contributed by atoms with van der Waals surface area (Å²) in [4.78, 5) is 37.3. The highest BCUT2D eigenvalue weighted by atomic mass is 31.2. The number of hydrogen-bond donors (Lipinski definition) is 3. The lowest BCUT2D eigenvalue weighted by Crippen LogP contribution is -2.39. The number of esters is 1. The van der Waals surface area contributed by atoms with Gasteiger partial charge in [-0.3, -0.25) is 19.4 Å². The zero-order valence-corrected chi connectivity index (χ0v) is 44.7. The molecule has 81 heavy (non-hydrogen) atoms. The van der Waals surface area contributed by atoms with Crippen molar-refractivity contribution in [2.75, 3.05) is 154 Å². The number of carbonyl (C=O) groups excluding carboxylic acids is 3. The molecule has 0 aliphatic heterocycles. The Morgan fingerprint density at radius 3 is 1.38 bits per heavy atom. The fraction of sp³-hybridized carbons (Fsp3) is 0.482. The molecule has 1 heterocycles. The van der Waals surface area contributed by atoms with Crippen LogP contribution in [-0.4, -0.2) is 177 Å². The highest BCUT2D eigenvalue weighted by Crippen LogP contribution is 2.66. The lowest BCUT2D eigenvalue weighted by molar-refractivity contribution is -0.670. The van der Waals surface area contributed by atoms with Crippen molar-refractivity contribution in [3.8, 4) is 57.4 Å². The summed E-state index contributed by atoms with van der Waals surface area (Å²) >= 11 is 0. The van der Waals surface area contributed by atoms with Crippen molar-refractivity contribution < 1.29 is 132 Å². The molecule has 0 saturated heterocycles. The fourth-order valence-corrected chi connectivity index (χ4v) is 12.3. The first-order chi connectivity index (χ1) is 49.4. The van der Waals surface area contributed by atoms with Crippen LogP contribution in [0.4, 0.5) is 10.7 Å². The van der Waals surface area contributed by atoms with Gasteiger partial charge in [0.15, 0.2) is 50.4 Å². The number of urea groups is 1. The molecule has 3 N–H and O–H groups in total. The number of ether oxygens (including phenoxy) is 15. The number of carbonyl (C=O) groups is 3. The minimum atomic E-state index is -5.73. The number of rotatable bonds is 36. The number of nitrogens with one attached hydrogen (secondary N) is 3. The van der Waals surface area contributed by atoms with E-state index in [1.165, 1.54) is 23.0 Å². The Morgan fingerprint density at radius 1 is 0.543 bits per heavy atom. The van der Waals surface area contributed by atoms with Crippen LogP contribution in [0.5, 0.6) is 51.7 Å². The fourth-order valence-electron chi connectivity index (χ4n) is 7.65. The van der Waals surface area contributed by atoms with Gasteiger partial charge >= 0.3 is 17.9 Å². The van der Waals surface area contributed by atoms with Gasteiger partial charge in [-0.05, 0) is 37.6 Å². The van der Waals surface area contributed by atoms with E-state index in [-0.39, 0.29) is 83.5 Å². The van der Waals surface area contributed by atoms with E-state index in [2.05, 4.69) is 21.2 Å². The molecule has 1 aromatic heterocycles. The molecule has 0 atom stereocenters. The van der Waals surface area contributed by atoms with E-state index in [4.69, 9.17) is 113 Å². The van der Waals surface area contributed by atoms with Crippen LogP contribution in [0.2, 0.25) is 0 Å². The number of amides is 3. The van der Waals surface area contributed by atoms with E-state index in [0.717, 1.165) is 0 Å². The van der Waals surface area contributed by atoms with Gasteiger partial charge in [0.1, 0.15) is 30.1 Å². The van der Waals surface area contributed by atoms with E-state index in [1.54, 1.807) is 32.9 Å². The molecule has 24 nitrogen and oxygen atoms in total. The van der Waals surface area contributed by atoms with Gasteiger partial charge in [0.2, 0.25) is 11.0 Å². The minimum absolute atomic E-state index is 0.0796. The largest absolute Gasteiger partial charge is 0.496 e. The molecule has 0 spiro atoms. The molecular formula is C56H78N5O19P+2. The van der Waals surface area contributed by atoms with Gasteiger partial charge in [-0.1, -0.05) is 0 Å². The SMILES string of the molecule is [2H]C([2H])([2H])Oc1cc(OC([2H])([2H])[2H])c([P+](CCOCCOCCOCCNC(=O)Nc2c[n+](-c3ccc(C(=O)NCCOCCOCCC(=O)OC(C)(C)C)cc3)no2)(c2c(OC([2H])([2H])[2H])cc(OC([2H])([2H])[2H])cc2OC([2H])([2H])[2H])c2c(OC([2H])([2H])[2H])cc(OC([2H])([2H])[2H])cc2OC([2H])([2H])[2H])c(OC([2H])([2H])[2H])c1. The molecule has 0 aliphatic rings. The van der Waals surface area contributed by atoms with Crippen molar-refractivity contribution in [3.05, 3.63) is 72.4 Å². The van der Waals surface area contributed by atoms with Crippen LogP contribution < -0.4 is 79.2 Å². The summed E-state index contributed by atoms with van der Waals surface area (Å²) in [5.41, 5.74) is 0.185. The summed E-state index contributed by atoms with van der Waals surface area (Å²) in [6.07, 6.45) is 0.248. The maximum absolute atomic E-state index is 12.8. The molecule has 0 fully saturated rings. The van der Waals surface area contributed by atoms with Crippen molar-refractivity contribution in [2.45, 2.75) is 32.8 Å². The van der Waals surface area contributed by atoms with Crippen LogP contribution in [0.15, 0.2) is 71.4 Å².